The van der Waals surface area contributed by atoms with Crippen LogP contribution in [-0.2, 0) is 14.3 Å². The number of ether oxygens (including phenoxy) is 1. The number of amides is 3. The van der Waals surface area contributed by atoms with E-state index < -0.39 is 23.8 Å². The molecule has 1 aromatic rings. The Kier molecular flexibility index (Phi) is 10.6. The fourth-order valence-corrected chi connectivity index (χ4v) is 3.74. The number of hydrogen-bond donors (Lipinski definition) is 2. The standard InChI is InChI=1S/C27H45N3O4/c1-12-20(8)30(25(32)22(16(2)3)29-26(33)34-27(9,10)11)23(24(31)28-17(4)5)21-15-18(6)13-14-19(21)7/h13-17,20,22-23H,12H2,1-11H3,(H,28,31)(H,29,33). The molecule has 0 radical (unpaired) electrons. The fourth-order valence-electron chi connectivity index (χ4n) is 3.74. The van der Waals surface area contributed by atoms with Crippen molar-refractivity contribution in [3.8, 4) is 0 Å². The summed E-state index contributed by atoms with van der Waals surface area (Å²) in [5.74, 6) is -0.754. The van der Waals surface area contributed by atoms with E-state index in [9.17, 15) is 14.4 Å². The van der Waals surface area contributed by atoms with Gasteiger partial charge in [0, 0.05) is 12.1 Å². The van der Waals surface area contributed by atoms with E-state index in [-0.39, 0.29) is 29.8 Å². The average Bonchev–Trinajstić information content (AvgIpc) is 2.69. The zero-order valence-electron chi connectivity index (χ0n) is 22.9. The maximum atomic E-state index is 14.1. The molecule has 0 aliphatic rings. The Morgan fingerprint density at radius 1 is 1.00 bits per heavy atom. The van der Waals surface area contributed by atoms with Gasteiger partial charge in [0.1, 0.15) is 17.7 Å². The first-order valence-electron chi connectivity index (χ1n) is 12.3. The van der Waals surface area contributed by atoms with Crippen LogP contribution < -0.4 is 10.6 Å². The number of nitrogens with zero attached hydrogens (tertiary/aromatic N) is 1. The van der Waals surface area contributed by atoms with Crippen LogP contribution >= 0.6 is 0 Å². The van der Waals surface area contributed by atoms with Crippen molar-refractivity contribution in [2.75, 3.05) is 0 Å². The van der Waals surface area contributed by atoms with Gasteiger partial charge < -0.3 is 20.3 Å². The maximum Gasteiger partial charge on any atom is 0.408 e. The summed E-state index contributed by atoms with van der Waals surface area (Å²) in [6.07, 6.45) is -0.00200. The van der Waals surface area contributed by atoms with Crippen molar-refractivity contribution in [3.63, 3.8) is 0 Å². The van der Waals surface area contributed by atoms with Gasteiger partial charge >= 0.3 is 6.09 Å². The summed E-state index contributed by atoms with van der Waals surface area (Å²) in [6, 6.07) is 3.93. The van der Waals surface area contributed by atoms with Crippen molar-refractivity contribution in [1.82, 2.24) is 15.5 Å². The van der Waals surface area contributed by atoms with Crippen LogP contribution in [0.5, 0.6) is 0 Å². The number of hydrogen-bond acceptors (Lipinski definition) is 4. The molecule has 1 rings (SSSR count). The molecule has 7 nitrogen and oxygen atoms in total. The van der Waals surface area contributed by atoms with Gasteiger partial charge in [-0.3, -0.25) is 9.59 Å². The molecule has 0 aliphatic carbocycles. The number of alkyl carbamates (subject to hydrolysis) is 1. The van der Waals surface area contributed by atoms with Gasteiger partial charge in [0.15, 0.2) is 0 Å². The summed E-state index contributed by atoms with van der Waals surface area (Å²) in [4.78, 5) is 41.8. The van der Waals surface area contributed by atoms with Crippen LogP contribution in [0.1, 0.15) is 91.5 Å². The third-order valence-corrected chi connectivity index (χ3v) is 5.61. The molecule has 0 fully saturated rings. The zero-order valence-corrected chi connectivity index (χ0v) is 22.9. The van der Waals surface area contributed by atoms with Crippen LogP contribution in [0, 0.1) is 19.8 Å². The molecule has 7 heteroatoms. The molecule has 34 heavy (non-hydrogen) atoms. The molecule has 3 unspecified atom stereocenters. The topological polar surface area (TPSA) is 87.7 Å². The fraction of sp³-hybridized carbons (Fsp3) is 0.667. The molecule has 3 atom stereocenters. The van der Waals surface area contributed by atoms with Gasteiger partial charge in [0.2, 0.25) is 11.8 Å². The Bertz CT molecular complexity index is 858. The SMILES string of the molecule is CCC(C)N(C(=O)C(NC(=O)OC(C)(C)C)C(C)C)C(C(=O)NC(C)C)c1cc(C)ccc1C. The first-order chi connectivity index (χ1) is 15.6. The number of carbonyl (C=O) groups is 3. The van der Waals surface area contributed by atoms with Crippen molar-refractivity contribution in [1.29, 1.82) is 0 Å². The zero-order chi connectivity index (χ0) is 26.4. The van der Waals surface area contributed by atoms with Crippen molar-refractivity contribution in [2.24, 2.45) is 5.92 Å². The van der Waals surface area contributed by atoms with Crippen molar-refractivity contribution < 1.29 is 19.1 Å². The highest BCUT2D eigenvalue weighted by atomic mass is 16.6. The van der Waals surface area contributed by atoms with Crippen LogP contribution in [0.4, 0.5) is 4.79 Å². The second-order valence-corrected chi connectivity index (χ2v) is 10.8. The summed E-state index contributed by atoms with van der Waals surface area (Å²) >= 11 is 0. The minimum absolute atomic E-state index is 0.0882. The Labute approximate surface area is 206 Å². The van der Waals surface area contributed by atoms with E-state index in [0.717, 1.165) is 16.7 Å². The van der Waals surface area contributed by atoms with Gasteiger partial charge in [0.25, 0.3) is 0 Å². The monoisotopic (exact) mass is 475 g/mol. The first kappa shape index (κ1) is 29.5. The number of benzene rings is 1. The van der Waals surface area contributed by atoms with Gasteiger partial charge in [0.05, 0.1) is 0 Å². The molecule has 0 saturated heterocycles. The minimum atomic E-state index is -0.844. The summed E-state index contributed by atoms with van der Waals surface area (Å²) < 4.78 is 5.42. The normalized spacial score (nSPS) is 14.4. The minimum Gasteiger partial charge on any atom is -0.444 e. The van der Waals surface area contributed by atoms with E-state index in [0.29, 0.717) is 6.42 Å². The number of aryl methyl sites for hydroxylation is 2. The molecule has 0 saturated carbocycles. The lowest BCUT2D eigenvalue weighted by molar-refractivity contribution is -0.146. The summed E-state index contributed by atoms with van der Waals surface area (Å²) in [6.45, 7) is 20.7. The Hall–Kier alpha value is -2.57. The highest BCUT2D eigenvalue weighted by Crippen LogP contribution is 2.30. The number of carbonyl (C=O) groups excluding carboxylic acids is 3. The van der Waals surface area contributed by atoms with Crippen LogP contribution in [0.3, 0.4) is 0 Å². The maximum absolute atomic E-state index is 14.1. The van der Waals surface area contributed by atoms with Gasteiger partial charge in [-0.25, -0.2) is 4.79 Å². The first-order valence-corrected chi connectivity index (χ1v) is 12.3. The van der Waals surface area contributed by atoms with E-state index in [4.69, 9.17) is 4.74 Å². The van der Waals surface area contributed by atoms with E-state index >= 15 is 0 Å². The second kappa shape index (κ2) is 12.2. The van der Waals surface area contributed by atoms with E-state index in [1.165, 1.54) is 0 Å². The van der Waals surface area contributed by atoms with Crippen molar-refractivity contribution in [3.05, 3.63) is 34.9 Å². The molecule has 0 heterocycles. The number of rotatable bonds is 9. The van der Waals surface area contributed by atoms with Crippen LogP contribution in [-0.4, -0.2) is 46.5 Å². The highest BCUT2D eigenvalue weighted by molar-refractivity contribution is 5.92. The predicted octanol–water partition coefficient (Wildman–Crippen LogP) is 5.05. The lowest BCUT2D eigenvalue weighted by Crippen LogP contribution is -2.57. The van der Waals surface area contributed by atoms with Crippen molar-refractivity contribution >= 4 is 17.9 Å². The third kappa shape index (κ3) is 8.33. The third-order valence-electron chi connectivity index (χ3n) is 5.61. The molecule has 0 bridgehead atoms. The highest BCUT2D eigenvalue weighted by Gasteiger charge is 2.40. The molecular weight excluding hydrogens is 430 g/mol. The molecule has 0 spiro atoms. The summed E-state index contributed by atoms with van der Waals surface area (Å²) in [7, 11) is 0. The largest absolute Gasteiger partial charge is 0.444 e. The van der Waals surface area contributed by atoms with Gasteiger partial charge in [-0.2, -0.15) is 0 Å². The Balaban J connectivity index is 3.59. The second-order valence-electron chi connectivity index (χ2n) is 10.8. The summed E-state index contributed by atoms with van der Waals surface area (Å²) in [5, 5.41) is 5.76. The molecular formula is C27H45N3O4. The summed E-state index contributed by atoms with van der Waals surface area (Å²) in [5.41, 5.74) is 2.03. The average molecular weight is 476 g/mol. The van der Waals surface area contributed by atoms with Crippen LogP contribution in [0.15, 0.2) is 18.2 Å². The lowest BCUT2D eigenvalue weighted by atomic mass is 9.93. The molecule has 192 valence electrons. The predicted molar refractivity (Wildman–Crippen MR) is 137 cm³/mol. The van der Waals surface area contributed by atoms with Gasteiger partial charge in [-0.1, -0.05) is 44.5 Å². The number of nitrogens with one attached hydrogen (secondary N) is 2. The van der Waals surface area contributed by atoms with E-state index in [1.807, 2.05) is 73.6 Å². The molecule has 2 N–H and O–H groups in total. The smallest absolute Gasteiger partial charge is 0.408 e. The Morgan fingerprint density at radius 3 is 2.06 bits per heavy atom. The van der Waals surface area contributed by atoms with E-state index in [2.05, 4.69) is 10.6 Å². The van der Waals surface area contributed by atoms with Crippen molar-refractivity contribution in [2.45, 2.75) is 112 Å². The molecule has 0 aromatic heterocycles. The van der Waals surface area contributed by atoms with Gasteiger partial charge in [-0.15, -0.1) is 0 Å². The molecule has 1 aromatic carbocycles. The quantitative estimate of drug-likeness (QED) is 0.523. The lowest BCUT2D eigenvalue weighted by Gasteiger charge is -2.39. The van der Waals surface area contributed by atoms with Crippen LogP contribution in [0.25, 0.3) is 0 Å². The van der Waals surface area contributed by atoms with E-state index in [1.54, 1.807) is 25.7 Å². The van der Waals surface area contributed by atoms with Crippen LogP contribution in [0.2, 0.25) is 0 Å². The van der Waals surface area contributed by atoms with Gasteiger partial charge in [-0.05, 0) is 78.9 Å². The Morgan fingerprint density at radius 2 is 1.59 bits per heavy atom. The molecule has 0 aliphatic heterocycles. The molecule has 3 amide bonds.